The van der Waals surface area contributed by atoms with Crippen molar-refractivity contribution in [1.29, 1.82) is 0 Å². The Morgan fingerprint density at radius 2 is 1.70 bits per heavy atom. The van der Waals surface area contributed by atoms with Crippen LogP contribution in [0.2, 0.25) is 0 Å². The predicted molar refractivity (Wildman–Crippen MR) is 70.7 cm³/mol. The molecule has 1 aromatic rings. The van der Waals surface area contributed by atoms with Crippen LogP contribution in [0, 0.1) is 0 Å². The van der Waals surface area contributed by atoms with Crippen molar-refractivity contribution in [3.8, 4) is 5.75 Å². The molecule has 0 aromatic heterocycles. The number of para-hydroxylation sites is 1. The van der Waals surface area contributed by atoms with Gasteiger partial charge >= 0.3 is 15.2 Å². The summed E-state index contributed by atoms with van der Waals surface area (Å²) in [5.74, 6) is 0.435. The summed E-state index contributed by atoms with van der Waals surface area (Å²) in [6, 6.07) is 6.90. The van der Waals surface area contributed by atoms with Crippen molar-refractivity contribution in [3.05, 3.63) is 36.0 Å². The van der Waals surface area contributed by atoms with Crippen LogP contribution >= 0.6 is 15.2 Å². The zero-order valence-electron chi connectivity index (χ0n) is 10.1. The molecule has 0 aliphatic carbocycles. The van der Waals surface area contributed by atoms with Gasteiger partial charge in [-0.05, 0) is 12.1 Å². The second-order valence-electron chi connectivity index (χ2n) is 4.20. The van der Waals surface area contributed by atoms with E-state index in [4.69, 9.17) is 24.4 Å². The van der Waals surface area contributed by atoms with Gasteiger partial charge in [0.1, 0.15) is 0 Å². The Bertz CT molecular complexity index is 598. The van der Waals surface area contributed by atoms with Gasteiger partial charge in [-0.25, -0.2) is 5.06 Å². The van der Waals surface area contributed by atoms with Crippen molar-refractivity contribution >= 4 is 21.3 Å². The molecule has 0 fully saturated rings. The number of nitrogens with zero attached hydrogens (tertiary/aromatic N) is 1. The maximum Gasteiger partial charge on any atom is 0.342 e. The largest absolute Gasteiger partial charge is 0.379 e. The molecule has 0 unspecified atom stereocenters. The summed E-state index contributed by atoms with van der Waals surface area (Å²) in [5.41, 5.74) is 0.757. The number of benzene rings is 1. The lowest BCUT2D eigenvalue weighted by Crippen LogP contribution is -2.32. The number of hydroxylamine groups is 2. The van der Waals surface area contributed by atoms with Gasteiger partial charge in [0.2, 0.25) is 0 Å². The van der Waals surface area contributed by atoms with E-state index in [0.29, 0.717) is 5.75 Å². The van der Waals surface area contributed by atoms with Gasteiger partial charge in [0.15, 0.2) is 11.1 Å². The number of fused-ring (bicyclic) bond motifs is 1. The van der Waals surface area contributed by atoms with Crippen molar-refractivity contribution in [2.45, 2.75) is 5.40 Å². The van der Waals surface area contributed by atoms with E-state index < -0.39 is 27.1 Å². The van der Waals surface area contributed by atoms with Crippen LogP contribution in [0.15, 0.2) is 30.5 Å². The lowest BCUT2D eigenvalue weighted by atomic mass is 10.2. The van der Waals surface area contributed by atoms with Crippen molar-refractivity contribution in [3.63, 3.8) is 0 Å². The normalized spacial score (nSPS) is 15.2. The highest BCUT2D eigenvalue weighted by molar-refractivity contribution is 7.70. The van der Waals surface area contributed by atoms with Crippen LogP contribution in [-0.4, -0.2) is 36.6 Å². The van der Waals surface area contributed by atoms with Crippen LogP contribution in [0.25, 0.3) is 6.08 Å². The molecular formula is C10H13NO7P2. The molecule has 0 saturated carbocycles. The minimum atomic E-state index is -4.97. The molecular weight excluding hydrogens is 308 g/mol. The maximum atomic E-state index is 11.2. The summed E-state index contributed by atoms with van der Waals surface area (Å²) in [7, 11) is -9.93. The molecule has 0 spiro atoms. The van der Waals surface area contributed by atoms with E-state index in [1.54, 1.807) is 30.3 Å². The first-order valence-corrected chi connectivity index (χ1v) is 8.86. The first kappa shape index (κ1) is 15.3. The van der Waals surface area contributed by atoms with Crippen LogP contribution < -0.4 is 4.84 Å². The molecule has 2 rings (SSSR count). The van der Waals surface area contributed by atoms with Gasteiger partial charge in [-0.1, -0.05) is 18.2 Å². The summed E-state index contributed by atoms with van der Waals surface area (Å²) in [6.07, 6.45) is 2.98. The van der Waals surface area contributed by atoms with Crippen LogP contribution in [0.5, 0.6) is 5.75 Å². The molecule has 1 heterocycles. The first-order chi connectivity index (χ1) is 9.18. The Morgan fingerprint density at radius 1 is 1.10 bits per heavy atom. The fourth-order valence-electron chi connectivity index (χ4n) is 1.69. The van der Waals surface area contributed by atoms with E-state index >= 15 is 0 Å². The van der Waals surface area contributed by atoms with Gasteiger partial charge in [0, 0.05) is 11.8 Å². The van der Waals surface area contributed by atoms with Gasteiger partial charge < -0.3 is 24.4 Å². The molecule has 1 aliphatic rings. The number of rotatable bonds is 4. The molecule has 0 bridgehead atoms. The SMILES string of the molecule is O=P(O)(O)C(CN1C=Cc2ccccc2O1)P(=O)(O)O. The maximum absolute atomic E-state index is 11.2. The lowest BCUT2D eigenvalue weighted by molar-refractivity contribution is -0.00792. The molecule has 8 nitrogen and oxygen atoms in total. The minimum absolute atomic E-state index is 0.435. The van der Waals surface area contributed by atoms with Gasteiger partial charge in [0.25, 0.3) is 0 Å². The molecule has 0 atom stereocenters. The zero-order valence-corrected chi connectivity index (χ0v) is 11.9. The van der Waals surface area contributed by atoms with Crippen molar-refractivity contribution in [2.75, 3.05) is 6.54 Å². The minimum Gasteiger partial charge on any atom is -0.379 e. The van der Waals surface area contributed by atoms with Crippen molar-refractivity contribution < 1.29 is 33.5 Å². The van der Waals surface area contributed by atoms with E-state index in [2.05, 4.69) is 0 Å². The Morgan fingerprint density at radius 3 is 2.30 bits per heavy atom. The third-order valence-electron chi connectivity index (χ3n) is 2.67. The second-order valence-corrected chi connectivity index (χ2v) is 8.21. The molecule has 10 heteroatoms. The van der Waals surface area contributed by atoms with E-state index in [1.165, 1.54) is 6.20 Å². The molecule has 1 aromatic carbocycles. The number of hydrogen-bond donors (Lipinski definition) is 4. The van der Waals surface area contributed by atoms with Crippen LogP contribution in [0.4, 0.5) is 0 Å². The first-order valence-electron chi connectivity index (χ1n) is 5.50. The van der Waals surface area contributed by atoms with E-state index in [9.17, 15) is 9.13 Å². The Labute approximate surface area is 114 Å². The summed E-state index contributed by atoms with van der Waals surface area (Å²) in [6.45, 7) is -0.626. The Kier molecular flexibility index (Phi) is 4.07. The third kappa shape index (κ3) is 3.49. The topological polar surface area (TPSA) is 128 Å². The molecule has 4 N–H and O–H groups in total. The lowest BCUT2D eigenvalue weighted by Gasteiger charge is -2.29. The van der Waals surface area contributed by atoms with E-state index in [0.717, 1.165) is 10.6 Å². The van der Waals surface area contributed by atoms with Crippen molar-refractivity contribution in [1.82, 2.24) is 5.06 Å². The standard InChI is InChI=1S/C10H13NO7P2/c12-19(13,14)10(20(15,16)17)7-11-6-5-8-3-1-2-4-9(8)18-11/h1-6,10H,7H2,(H2,12,13,14)(H2,15,16,17). The third-order valence-corrected chi connectivity index (χ3v) is 6.36. The Hall–Kier alpha value is -1.14. The highest BCUT2D eigenvalue weighted by Crippen LogP contribution is 2.60. The van der Waals surface area contributed by atoms with Gasteiger partial charge in [-0.3, -0.25) is 9.13 Å². The molecule has 0 amide bonds. The molecule has 0 saturated heterocycles. The van der Waals surface area contributed by atoms with Gasteiger partial charge in [-0.15, -0.1) is 0 Å². The predicted octanol–water partition coefficient (Wildman–Crippen LogP) is 0.948. The fraction of sp³-hybridized carbons (Fsp3) is 0.200. The van der Waals surface area contributed by atoms with E-state index in [-0.39, 0.29) is 0 Å². The average molecular weight is 321 g/mol. The smallest absolute Gasteiger partial charge is 0.342 e. The molecule has 20 heavy (non-hydrogen) atoms. The highest BCUT2D eigenvalue weighted by Gasteiger charge is 2.44. The van der Waals surface area contributed by atoms with Gasteiger partial charge in [0.05, 0.1) is 6.54 Å². The highest BCUT2D eigenvalue weighted by atomic mass is 31.2. The van der Waals surface area contributed by atoms with Crippen molar-refractivity contribution in [2.24, 2.45) is 0 Å². The summed E-state index contributed by atoms with van der Waals surface area (Å²) >= 11 is 0. The fourth-order valence-corrected chi connectivity index (χ4v) is 4.00. The summed E-state index contributed by atoms with van der Waals surface area (Å²) in [4.78, 5) is 41.5. The number of hydrogen-bond acceptors (Lipinski definition) is 4. The van der Waals surface area contributed by atoms with Gasteiger partial charge in [-0.2, -0.15) is 0 Å². The van der Waals surface area contributed by atoms with E-state index in [1.807, 2.05) is 0 Å². The zero-order chi connectivity index (χ0) is 15.0. The quantitative estimate of drug-likeness (QED) is 0.604. The monoisotopic (exact) mass is 321 g/mol. The summed E-state index contributed by atoms with van der Waals surface area (Å²) in [5, 5.41) is -1.14. The van der Waals surface area contributed by atoms with Crippen LogP contribution in [0.3, 0.4) is 0 Å². The molecule has 0 radical (unpaired) electrons. The summed E-state index contributed by atoms with van der Waals surface area (Å²) < 4.78 is 22.4. The Balaban J connectivity index is 2.19. The second kappa shape index (κ2) is 5.33. The van der Waals surface area contributed by atoms with Crippen LogP contribution in [-0.2, 0) is 9.13 Å². The van der Waals surface area contributed by atoms with Crippen LogP contribution in [0.1, 0.15) is 5.56 Å². The molecule has 1 aliphatic heterocycles. The average Bonchev–Trinajstić information content (AvgIpc) is 2.33. The molecule has 110 valence electrons.